The minimum atomic E-state index is -4.02. The Morgan fingerprint density at radius 3 is 2.27 bits per heavy atom. The number of aryl methyl sites for hydroxylation is 1. The van der Waals surface area contributed by atoms with Gasteiger partial charge in [0.15, 0.2) is 0 Å². The second-order valence-electron chi connectivity index (χ2n) is 9.85. The zero-order valence-electron chi connectivity index (χ0n) is 22.1. The molecule has 1 N–H and O–H groups in total. The van der Waals surface area contributed by atoms with Crippen molar-refractivity contribution in [3.63, 3.8) is 0 Å². The Kier molecular flexibility index (Phi) is 7.82. The fourth-order valence-electron chi connectivity index (χ4n) is 4.84. The number of ether oxygens (including phenoxy) is 2. The minimum Gasteiger partial charge on any atom is -0.454 e. The molecule has 1 heterocycles. The van der Waals surface area contributed by atoms with Crippen molar-refractivity contribution in [2.75, 3.05) is 0 Å². The van der Waals surface area contributed by atoms with Crippen LogP contribution in [0.4, 0.5) is 0 Å². The van der Waals surface area contributed by atoms with E-state index in [0.717, 1.165) is 22.3 Å². The molecule has 7 nitrogen and oxygen atoms in total. The number of fused-ring (bicyclic) bond motifs is 1. The van der Waals surface area contributed by atoms with Gasteiger partial charge in [-0.1, -0.05) is 84.4 Å². The molecule has 0 spiro atoms. The maximum Gasteiger partial charge on any atom is 0.331 e. The molecule has 5 rings (SSSR count). The molecule has 0 saturated heterocycles. The van der Waals surface area contributed by atoms with Crippen LogP contribution in [0.2, 0.25) is 0 Å². The Balaban J connectivity index is 1.40. The highest BCUT2D eigenvalue weighted by molar-refractivity contribution is 7.89. The Morgan fingerprint density at radius 1 is 0.950 bits per heavy atom. The van der Waals surface area contributed by atoms with Crippen LogP contribution in [0.5, 0.6) is 0 Å². The Bertz CT molecular complexity index is 1610. The maximum atomic E-state index is 13.5. The van der Waals surface area contributed by atoms with E-state index in [1.165, 1.54) is 18.2 Å². The Labute approximate surface area is 233 Å². The van der Waals surface area contributed by atoms with Gasteiger partial charge in [0, 0.05) is 17.6 Å². The van der Waals surface area contributed by atoms with Gasteiger partial charge in [-0.05, 0) is 55.2 Å². The van der Waals surface area contributed by atoms with E-state index in [0.29, 0.717) is 5.57 Å². The quantitative estimate of drug-likeness (QED) is 0.397. The standard InChI is InChI=1S/C32H29NO6S/c1-21-13-15-25(16-14-21)40(36,37)33-28(19-23-9-5-3-6-10-23)32(35)38-29-18-17-26-27(24-11-7-4-8-12-24)20-30(34)39-31(26)22(29)2/h3-18,20,26,28,31,33H,19H2,1-2H3. The van der Waals surface area contributed by atoms with Crippen molar-refractivity contribution in [1.29, 1.82) is 0 Å². The highest BCUT2D eigenvalue weighted by atomic mass is 32.2. The summed E-state index contributed by atoms with van der Waals surface area (Å²) in [6.07, 6.45) is 4.44. The second kappa shape index (κ2) is 11.5. The SMILES string of the molecule is CC1=C(OC(=O)C(Cc2ccccc2)NS(=O)(=O)c2ccc(C)cc2)C=CC2C(c3ccccc3)=CC(=O)OC12. The van der Waals surface area contributed by atoms with Gasteiger partial charge in [0.2, 0.25) is 10.0 Å². The third kappa shape index (κ3) is 5.98. The number of sulfonamides is 1. The molecule has 3 aromatic carbocycles. The topological polar surface area (TPSA) is 98.8 Å². The highest BCUT2D eigenvalue weighted by Gasteiger charge is 2.37. The van der Waals surface area contributed by atoms with E-state index in [1.807, 2.05) is 73.7 Å². The van der Waals surface area contributed by atoms with Crippen LogP contribution in [0.3, 0.4) is 0 Å². The lowest BCUT2D eigenvalue weighted by atomic mass is 9.80. The molecule has 0 radical (unpaired) electrons. The predicted octanol–water partition coefficient (Wildman–Crippen LogP) is 4.90. The minimum absolute atomic E-state index is 0.0501. The summed E-state index contributed by atoms with van der Waals surface area (Å²) >= 11 is 0. The van der Waals surface area contributed by atoms with E-state index in [1.54, 1.807) is 25.1 Å². The van der Waals surface area contributed by atoms with Gasteiger partial charge >= 0.3 is 11.9 Å². The maximum absolute atomic E-state index is 13.5. The number of hydrogen-bond donors (Lipinski definition) is 1. The highest BCUT2D eigenvalue weighted by Crippen LogP contribution is 2.39. The largest absolute Gasteiger partial charge is 0.454 e. The molecule has 0 amide bonds. The second-order valence-corrected chi connectivity index (χ2v) is 11.6. The van der Waals surface area contributed by atoms with Gasteiger partial charge in [-0.25, -0.2) is 18.0 Å². The van der Waals surface area contributed by atoms with Crippen molar-refractivity contribution in [2.45, 2.75) is 37.3 Å². The molecule has 3 aromatic rings. The van der Waals surface area contributed by atoms with Gasteiger partial charge in [-0.2, -0.15) is 4.72 Å². The number of esters is 2. The van der Waals surface area contributed by atoms with E-state index in [-0.39, 0.29) is 23.0 Å². The summed E-state index contributed by atoms with van der Waals surface area (Å²) in [5, 5.41) is 0. The van der Waals surface area contributed by atoms with Gasteiger partial charge < -0.3 is 9.47 Å². The average Bonchev–Trinajstić information content (AvgIpc) is 2.95. The monoisotopic (exact) mass is 555 g/mol. The van der Waals surface area contributed by atoms with Crippen molar-refractivity contribution < 1.29 is 27.5 Å². The van der Waals surface area contributed by atoms with Crippen LogP contribution < -0.4 is 4.72 Å². The molecule has 3 unspecified atom stereocenters. The summed E-state index contributed by atoms with van der Waals surface area (Å²) in [6.45, 7) is 3.60. The van der Waals surface area contributed by atoms with E-state index in [9.17, 15) is 18.0 Å². The lowest BCUT2D eigenvalue weighted by Crippen LogP contribution is -2.43. The van der Waals surface area contributed by atoms with Crippen LogP contribution in [0.1, 0.15) is 23.6 Å². The number of carbonyl (C=O) groups excluding carboxylic acids is 2. The Hall–Kier alpha value is -4.27. The third-order valence-corrected chi connectivity index (χ3v) is 8.47. The molecule has 0 bridgehead atoms. The van der Waals surface area contributed by atoms with E-state index in [2.05, 4.69) is 4.72 Å². The van der Waals surface area contributed by atoms with E-state index in [4.69, 9.17) is 9.47 Å². The van der Waals surface area contributed by atoms with Crippen LogP contribution in [0.25, 0.3) is 5.57 Å². The molecule has 2 aliphatic rings. The van der Waals surface area contributed by atoms with Gasteiger partial charge in [0.05, 0.1) is 4.90 Å². The lowest BCUT2D eigenvalue weighted by molar-refractivity contribution is -0.143. The predicted molar refractivity (Wildman–Crippen MR) is 151 cm³/mol. The number of benzene rings is 3. The molecule has 204 valence electrons. The number of hydrogen-bond acceptors (Lipinski definition) is 6. The first-order chi connectivity index (χ1) is 19.2. The van der Waals surface area contributed by atoms with Crippen molar-refractivity contribution in [3.8, 4) is 0 Å². The van der Waals surface area contributed by atoms with Crippen molar-refractivity contribution in [1.82, 2.24) is 4.72 Å². The Morgan fingerprint density at radius 2 is 1.60 bits per heavy atom. The lowest BCUT2D eigenvalue weighted by Gasteiger charge is -2.34. The van der Waals surface area contributed by atoms with Crippen molar-refractivity contribution in [3.05, 3.63) is 131 Å². The average molecular weight is 556 g/mol. The van der Waals surface area contributed by atoms with Crippen LogP contribution >= 0.6 is 0 Å². The molecule has 0 fully saturated rings. The van der Waals surface area contributed by atoms with Gasteiger partial charge in [-0.3, -0.25) is 0 Å². The van der Waals surface area contributed by atoms with Crippen molar-refractivity contribution >= 4 is 27.5 Å². The van der Waals surface area contributed by atoms with Crippen LogP contribution in [0, 0.1) is 12.8 Å². The summed E-state index contributed by atoms with van der Waals surface area (Å²) in [5.41, 5.74) is 3.96. The van der Waals surface area contributed by atoms with Crippen molar-refractivity contribution in [2.24, 2.45) is 5.92 Å². The number of rotatable bonds is 8. The van der Waals surface area contributed by atoms with Crippen LogP contribution in [-0.2, 0) is 35.5 Å². The fourth-order valence-corrected chi connectivity index (χ4v) is 6.02. The molecule has 1 aliphatic carbocycles. The van der Waals surface area contributed by atoms with Gasteiger partial charge in [0.1, 0.15) is 17.9 Å². The molecule has 3 atom stereocenters. The molecule has 0 aromatic heterocycles. The van der Waals surface area contributed by atoms with E-state index < -0.39 is 34.1 Å². The summed E-state index contributed by atoms with van der Waals surface area (Å²) in [7, 11) is -4.02. The molecule has 0 saturated carbocycles. The third-order valence-electron chi connectivity index (χ3n) is 6.99. The molecule has 1 aliphatic heterocycles. The first kappa shape index (κ1) is 27.3. The molecular weight excluding hydrogens is 526 g/mol. The van der Waals surface area contributed by atoms with Crippen LogP contribution in [0.15, 0.2) is 119 Å². The number of nitrogens with one attached hydrogen (secondary N) is 1. The fraction of sp³-hybridized carbons (Fsp3) is 0.188. The normalized spacial score (nSPS) is 19.4. The first-order valence-corrected chi connectivity index (χ1v) is 14.4. The summed E-state index contributed by atoms with van der Waals surface area (Å²) in [4.78, 5) is 26.0. The molecular formula is C32H29NO6S. The number of carbonyl (C=O) groups is 2. The van der Waals surface area contributed by atoms with E-state index >= 15 is 0 Å². The first-order valence-electron chi connectivity index (χ1n) is 12.9. The molecule has 8 heteroatoms. The summed E-state index contributed by atoms with van der Waals surface area (Å²) < 4.78 is 40.3. The zero-order chi connectivity index (χ0) is 28.3. The summed E-state index contributed by atoms with van der Waals surface area (Å²) in [6, 6.07) is 23.8. The summed E-state index contributed by atoms with van der Waals surface area (Å²) in [5.74, 6) is -1.27. The van der Waals surface area contributed by atoms with Gasteiger partial charge in [-0.15, -0.1) is 0 Å². The number of allylic oxidation sites excluding steroid dienone is 1. The zero-order valence-corrected chi connectivity index (χ0v) is 22.9. The van der Waals surface area contributed by atoms with Gasteiger partial charge in [0.25, 0.3) is 0 Å². The smallest absolute Gasteiger partial charge is 0.331 e. The molecule has 40 heavy (non-hydrogen) atoms. The van der Waals surface area contributed by atoms with Crippen LogP contribution in [-0.4, -0.2) is 32.5 Å².